The van der Waals surface area contributed by atoms with Crippen molar-refractivity contribution in [1.82, 2.24) is 4.90 Å². The molecule has 1 amide bonds. The lowest BCUT2D eigenvalue weighted by molar-refractivity contribution is -0.122. The van der Waals surface area contributed by atoms with Crippen LogP contribution in [0.1, 0.15) is 11.3 Å². The van der Waals surface area contributed by atoms with E-state index in [1.54, 1.807) is 23.3 Å². The van der Waals surface area contributed by atoms with Crippen LogP contribution < -0.4 is 0 Å². The Balaban J connectivity index is 1.81. The number of rotatable bonds is 3. The van der Waals surface area contributed by atoms with Gasteiger partial charge in [0.25, 0.3) is 5.91 Å². The third-order valence-electron chi connectivity index (χ3n) is 2.87. The minimum absolute atomic E-state index is 0.0692. The van der Waals surface area contributed by atoms with Gasteiger partial charge in [-0.3, -0.25) is 9.69 Å². The molecular weight excluding hydrogens is 290 g/mol. The molecule has 0 N–H and O–H groups in total. The highest BCUT2D eigenvalue weighted by Gasteiger charge is 2.32. The standard InChI is InChI=1S/C15H11NO2S2/c17-14-13(9-12-7-4-8-18-12)20-15(19)16(14)10-11-5-2-1-3-6-11/h1-9H,10H2/b13-9-. The SMILES string of the molecule is O=C1/C(=C/c2ccco2)SC(=S)N1Cc1ccccc1. The number of carbonyl (C=O) groups excluding carboxylic acids is 1. The molecule has 1 aromatic carbocycles. The minimum Gasteiger partial charge on any atom is -0.465 e. The Hall–Kier alpha value is -1.85. The predicted octanol–water partition coefficient (Wildman–Crippen LogP) is 3.68. The number of thiocarbonyl (C=S) groups is 1. The zero-order valence-corrected chi connectivity index (χ0v) is 12.1. The number of nitrogens with zero attached hydrogens (tertiary/aromatic N) is 1. The van der Waals surface area contributed by atoms with Gasteiger partial charge in [-0.1, -0.05) is 54.3 Å². The second-order valence-electron chi connectivity index (χ2n) is 4.27. The number of thioether (sulfide) groups is 1. The lowest BCUT2D eigenvalue weighted by atomic mass is 10.2. The highest BCUT2D eigenvalue weighted by Crippen LogP contribution is 2.33. The third-order valence-corrected chi connectivity index (χ3v) is 4.25. The number of benzene rings is 1. The molecule has 1 aliphatic rings. The van der Waals surface area contributed by atoms with Crippen molar-refractivity contribution in [2.24, 2.45) is 0 Å². The van der Waals surface area contributed by atoms with Crippen LogP contribution in [0.5, 0.6) is 0 Å². The fraction of sp³-hybridized carbons (Fsp3) is 0.0667. The number of hydrogen-bond acceptors (Lipinski definition) is 4. The number of hydrogen-bond donors (Lipinski definition) is 0. The summed E-state index contributed by atoms with van der Waals surface area (Å²) in [5, 5.41) is 0. The largest absolute Gasteiger partial charge is 0.465 e. The van der Waals surface area contributed by atoms with E-state index in [4.69, 9.17) is 16.6 Å². The highest BCUT2D eigenvalue weighted by atomic mass is 32.2. The van der Waals surface area contributed by atoms with Gasteiger partial charge in [0.15, 0.2) is 0 Å². The molecule has 2 heterocycles. The molecule has 0 atom stereocenters. The maximum atomic E-state index is 12.4. The molecule has 0 unspecified atom stereocenters. The molecule has 0 bridgehead atoms. The van der Waals surface area contributed by atoms with Crippen LogP contribution >= 0.6 is 24.0 Å². The number of furan rings is 1. The second kappa shape index (κ2) is 5.64. The van der Waals surface area contributed by atoms with Crippen LogP contribution in [0.4, 0.5) is 0 Å². The Morgan fingerprint density at radius 3 is 2.70 bits per heavy atom. The van der Waals surface area contributed by atoms with Gasteiger partial charge in [-0.25, -0.2) is 0 Å². The molecule has 0 aliphatic carbocycles. The van der Waals surface area contributed by atoms with Gasteiger partial charge in [-0.2, -0.15) is 0 Å². The lowest BCUT2D eigenvalue weighted by Crippen LogP contribution is -2.27. The second-order valence-corrected chi connectivity index (χ2v) is 5.94. The van der Waals surface area contributed by atoms with Gasteiger partial charge in [0, 0.05) is 6.08 Å². The van der Waals surface area contributed by atoms with E-state index in [1.807, 2.05) is 36.4 Å². The van der Waals surface area contributed by atoms with Crippen molar-refractivity contribution in [2.45, 2.75) is 6.54 Å². The van der Waals surface area contributed by atoms with E-state index in [-0.39, 0.29) is 5.91 Å². The molecule has 1 aromatic heterocycles. The van der Waals surface area contributed by atoms with Crippen LogP contribution in [0, 0.1) is 0 Å². The average molecular weight is 301 g/mol. The van der Waals surface area contributed by atoms with Crippen molar-refractivity contribution in [3.63, 3.8) is 0 Å². The van der Waals surface area contributed by atoms with Gasteiger partial charge in [0.1, 0.15) is 10.1 Å². The van der Waals surface area contributed by atoms with E-state index in [2.05, 4.69) is 0 Å². The van der Waals surface area contributed by atoms with Gasteiger partial charge in [0.05, 0.1) is 17.7 Å². The zero-order chi connectivity index (χ0) is 13.9. The first kappa shape index (κ1) is 13.1. The monoisotopic (exact) mass is 301 g/mol. The normalized spacial score (nSPS) is 17.2. The van der Waals surface area contributed by atoms with E-state index in [1.165, 1.54) is 11.8 Å². The third kappa shape index (κ3) is 2.69. The summed E-state index contributed by atoms with van der Waals surface area (Å²) >= 11 is 6.59. The van der Waals surface area contributed by atoms with Gasteiger partial charge < -0.3 is 4.42 Å². The molecule has 2 aromatic rings. The molecule has 0 saturated carbocycles. The maximum Gasteiger partial charge on any atom is 0.266 e. The maximum absolute atomic E-state index is 12.4. The van der Waals surface area contributed by atoms with Crippen molar-refractivity contribution in [1.29, 1.82) is 0 Å². The molecule has 1 saturated heterocycles. The summed E-state index contributed by atoms with van der Waals surface area (Å²) in [6.45, 7) is 0.501. The van der Waals surface area contributed by atoms with Crippen molar-refractivity contribution in [3.8, 4) is 0 Å². The molecule has 5 heteroatoms. The summed E-state index contributed by atoms with van der Waals surface area (Å²) in [7, 11) is 0. The van der Waals surface area contributed by atoms with Crippen molar-refractivity contribution in [3.05, 3.63) is 65.0 Å². The predicted molar refractivity (Wildman–Crippen MR) is 83.9 cm³/mol. The topological polar surface area (TPSA) is 33.5 Å². The molecule has 1 fully saturated rings. The molecule has 100 valence electrons. The Morgan fingerprint density at radius 2 is 2.00 bits per heavy atom. The average Bonchev–Trinajstić information content (AvgIpc) is 3.05. The summed E-state index contributed by atoms with van der Waals surface area (Å²) < 4.78 is 5.81. The van der Waals surface area contributed by atoms with E-state index in [0.29, 0.717) is 21.5 Å². The highest BCUT2D eigenvalue weighted by molar-refractivity contribution is 8.26. The smallest absolute Gasteiger partial charge is 0.266 e. The van der Waals surface area contributed by atoms with E-state index in [9.17, 15) is 4.79 Å². The number of carbonyl (C=O) groups is 1. The Bertz CT molecular complexity index is 662. The van der Waals surface area contributed by atoms with Crippen LogP contribution in [-0.2, 0) is 11.3 Å². The Kier molecular flexibility index (Phi) is 3.71. The van der Waals surface area contributed by atoms with Crippen molar-refractivity contribution >= 4 is 40.3 Å². The van der Waals surface area contributed by atoms with E-state index < -0.39 is 0 Å². The molecule has 0 radical (unpaired) electrons. The van der Waals surface area contributed by atoms with Gasteiger partial charge >= 0.3 is 0 Å². The van der Waals surface area contributed by atoms with Crippen LogP contribution in [0.2, 0.25) is 0 Å². The summed E-state index contributed by atoms with van der Waals surface area (Å²) in [6, 6.07) is 13.4. The fourth-order valence-electron chi connectivity index (χ4n) is 1.90. The van der Waals surface area contributed by atoms with Gasteiger partial charge in [-0.05, 0) is 17.7 Å². The summed E-state index contributed by atoms with van der Waals surface area (Å²) in [5.74, 6) is 0.588. The Labute approximate surface area is 126 Å². The van der Waals surface area contributed by atoms with Crippen LogP contribution in [0.15, 0.2) is 58.1 Å². The molecule has 0 spiro atoms. The van der Waals surface area contributed by atoms with Gasteiger partial charge in [-0.15, -0.1) is 0 Å². The van der Waals surface area contributed by atoms with Crippen LogP contribution in [-0.4, -0.2) is 15.1 Å². The van der Waals surface area contributed by atoms with E-state index in [0.717, 1.165) is 5.56 Å². The first-order valence-corrected chi connectivity index (χ1v) is 7.29. The molecular formula is C15H11NO2S2. The molecule has 3 nitrogen and oxygen atoms in total. The Morgan fingerprint density at radius 1 is 1.20 bits per heavy atom. The first-order valence-electron chi connectivity index (χ1n) is 6.07. The van der Waals surface area contributed by atoms with Crippen molar-refractivity contribution in [2.75, 3.05) is 0 Å². The van der Waals surface area contributed by atoms with Crippen LogP contribution in [0.25, 0.3) is 6.08 Å². The molecule has 3 rings (SSSR count). The number of amides is 1. The quantitative estimate of drug-likeness (QED) is 0.639. The summed E-state index contributed by atoms with van der Waals surface area (Å²) in [6.07, 6.45) is 3.31. The van der Waals surface area contributed by atoms with Gasteiger partial charge in [0.2, 0.25) is 0 Å². The summed E-state index contributed by atoms with van der Waals surface area (Å²) in [5.41, 5.74) is 1.06. The minimum atomic E-state index is -0.0692. The molecule has 20 heavy (non-hydrogen) atoms. The zero-order valence-electron chi connectivity index (χ0n) is 10.5. The van der Waals surface area contributed by atoms with Crippen LogP contribution in [0.3, 0.4) is 0 Å². The first-order chi connectivity index (χ1) is 9.74. The molecule has 1 aliphatic heterocycles. The van der Waals surface area contributed by atoms with Crippen molar-refractivity contribution < 1.29 is 9.21 Å². The lowest BCUT2D eigenvalue weighted by Gasteiger charge is -2.14. The van der Waals surface area contributed by atoms with E-state index >= 15 is 0 Å². The summed E-state index contributed by atoms with van der Waals surface area (Å²) in [4.78, 5) is 14.6. The fourth-order valence-corrected chi connectivity index (χ4v) is 3.14.